The summed E-state index contributed by atoms with van der Waals surface area (Å²) in [5.74, 6) is 1.37. The van der Waals surface area contributed by atoms with Crippen LogP contribution in [0.5, 0.6) is 11.5 Å². The predicted molar refractivity (Wildman–Crippen MR) is 156 cm³/mol. The molecule has 1 aliphatic heterocycles. The number of carbonyl (C=O) groups is 2. The van der Waals surface area contributed by atoms with E-state index >= 15 is 0 Å². The number of amides is 1. The maximum atomic E-state index is 14.1. The van der Waals surface area contributed by atoms with Crippen molar-refractivity contribution in [2.75, 3.05) is 18.1 Å². The lowest BCUT2D eigenvalue weighted by Gasteiger charge is -2.17. The van der Waals surface area contributed by atoms with E-state index in [0.717, 1.165) is 65.7 Å². The predicted octanol–water partition coefficient (Wildman–Crippen LogP) is 7.90. The minimum atomic E-state index is -1.97. The molecule has 40 heavy (non-hydrogen) atoms. The van der Waals surface area contributed by atoms with E-state index in [4.69, 9.17) is 13.9 Å². The van der Waals surface area contributed by atoms with Crippen molar-refractivity contribution in [1.29, 1.82) is 0 Å². The third kappa shape index (κ3) is 6.33. The molecule has 208 valence electrons. The molecule has 8 heteroatoms. The molecule has 0 spiro atoms. The van der Waals surface area contributed by atoms with Crippen molar-refractivity contribution < 1.29 is 27.9 Å². The molecular formula is C32H32FNO5S. The first-order chi connectivity index (χ1) is 19.5. The lowest BCUT2D eigenvalue weighted by molar-refractivity contribution is -0.114. The molecule has 2 heterocycles. The zero-order valence-electron chi connectivity index (χ0n) is 22.4. The maximum Gasteiger partial charge on any atom is 0.296 e. The van der Waals surface area contributed by atoms with Crippen molar-refractivity contribution in [2.24, 2.45) is 0 Å². The zero-order chi connectivity index (χ0) is 27.9. The number of alkyl halides is 1. The second-order valence-corrected chi connectivity index (χ2v) is 10.7. The first kappa shape index (κ1) is 27.8. The van der Waals surface area contributed by atoms with E-state index in [2.05, 4.69) is 43.3 Å². The molecule has 1 amide bonds. The SMILES string of the molecule is CCCc1c(OCCCCOc2cccc(N3C(=O)SC(=O)C3F)c2)ccc2c(CCc3ccccc3)coc12. The van der Waals surface area contributed by atoms with Crippen molar-refractivity contribution in [2.45, 2.75) is 51.7 Å². The van der Waals surface area contributed by atoms with Gasteiger partial charge in [0, 0.05) is 28.8 Å². The average molecular weight is 562 g/mol. The van der Waals surface area contributed by atoms with Crippen LogP contribution in [0.25, 0.3) is 11.0 Å². The largest absolute Gasteiger partial charge is 0.494 e. The molecule has 0 aliphatic carbocycles. The summed E-state index contributed by atoms with van der Waals surface area (Å²) in [7, 11) is 0. The second-order valence-electron chi connectivity index (χ2n) is 9.71. The highest BCUT2D eigenvalue weighted by Gasteiger charge is 2.41. The number of anilines is 1. The van der Waals surface area contributed by atoms with Gasteiger partial charge in [-0.3, -0.25) is 14.5 Å². The average Bonchev–Trinajstić information content (AvgIpc) is 3.50. The molecule has 0 radical (unpaired) electrons. The first-order valence-corrected chi connectivity index (χ1v) is 14.5. The van der Waals surface area contributed by atoms with Crippen LogP contribution < -0.4 is 14.4 Å². The third-order valence-corrected chi connectivity index (χ3v) is 7.64. The summed E-state index contributed by atoms with van der Waals surface area (Å²) < 4.78 is 32.2. The molecule has 1 aliphatic rings. The van der Waals surface area contributed by atoms with Crippen LogP contribution in [0.4, 0.5) is 14.9 Å². The lowest BCUT2D eigenvalue weighted by atomic mass is 10.0. The molecule has 1 aromatic heterocycles. The molecule has 5 rings (SSSR count). The molecule has 0 bridgehead atoms. The van der Waals surface area contributed by atoms with E-state index < -0.39 is 16.7 Å². The van der Waals surface area contributed by atoms with Gasteiger partial charge < -0.3 is 13.9 Å². The fraction of sp³-hybridized carbons (Fsp3) is 0.312. The third-order valence-electron chi connectivity index (χ3n) is 6.87. The van der Waals surface area contributed by atoms with Gasteiger partial charge in [-0.05, 0) is 67.5 Å². The van der Waals surface area contributed by atoms with E-state index in [1.807, 2.05) is 12.3 Å². The number of hydrogen-bond acceptors (Lipinski definition) is 6. The molecule has 1 atom stereocenters. The van der Waals surface area contributed by atoms with Gasteiger partial charge in [0.25, 0.3) is 10.4 Å². The van der Waals surface area contributed by atoms with Crippen molar-refractivity contribution in [3.05, 3.63) is 89.7 Å². The molecule has 0 saturated carbocycles. The quantitative estimate of drug-likeness (QED) is 0.122. The zero-order valence-corrected chi connectivity index (χ0v) is 23.3. The number of halogens is 1. The fourth-order valence-corrected chi connectivity index (χ4v) is 5.52. The van der Waals surface area contributed by atoms with Gasteiger partial charge in [-0.15, -0.1) is 0 Å². The molecule has 0 N–H and O–H groups in total. The van der Waals surface area contributed by atoms with Crippen LogP contribution in [0, 0.1) is 0 Å². The first-order valence-electron chi connectivity index (χ1n) is 13.7. The number of unbranched alkanes of at least 4 members (excludes halogenated alkanes) is 1. The Balaban J connectivity index is 1.13. The molecule has 3 aromatic carbocycles. The van der Waals surface area contributed by atoms with Crippen LogP contribution in [-0.4, -0.2) is 29.9 Å². The molecule has 1 fully saturated rings. The number of ether oxygens (including phenoxy) is 2. The van der Waals surface area contributed by atoms with Crippen molar-refractivity contribution >= 4 is 38.8 Å². The van der Waals surface area contributed by atoms with Gasteiger partial charge in [-0.25, -0.2) is 4.39 Å². The van der Waals surface area contributed by atoms with Gasteiger partial charge in [0.15, 0.2) is 0 Å². The summed E-state index contributed by atoms with van der Waals surface area (Å²) in [5.41, 5.74) is 4.85. The van der Waals surface area contributed by atoms with Gasteiger partial charge in [-0.2, -0.15) is 0 Å². The number of hydrogen-bond donors (Lipinski definition) is 0. The Morgan fingerprint density at radius 3 is 2.48 bits per heavy atom. The van der Waals surface area contributed by atoms with Gasteiger partial charge in [0.05, 0.1) is 25.2 Å². The standard InChI is InChI=1S/C32H32FNO5S/c1-2-9-27-28(17-16-26-23(21-39-29(26)27)15-14-22-10-4-3-5-11-22)38-19-7-6-18-37-25-13-8-12-24(20-25)34-30(33)31(35)40-32(34)36/h3-5,8,10-13,16-17,20-21,30H,2,6-7,9,14-15,18-19H2,1H3. The number of furan rings is 1. The van der Waals surface area contributed by atoms with Crippen molar-refractivity contribution in [1.82, 2.24) is 0 Å². The summed E-state index contributed by atoms with van der Waals surface area (Å²) in [5, 5.41) is -0.265. The van der Waals surface area contributed by atoms with Crippen molar-refractivity contribution in [3.8, 4) is 11.5 Å². The van der Waals surface area contributed by atoms with E-state index in [-0.39, 0.29) is 0 Å². The summed E-state index contributed by atoms with van der Waals surface area (Å²) in [4.78, 5) is 24.3. The fourth-order valence-electron chi connectivity index (χ4n) is 4.85. The van der Waals surface area contributed by atoms with Crippen LogP contribution >= 0.6 is 11.8 Å². The highest BCUT2D eigenvalue weighted by atomic mass is 32.2. The monoisotopic (exact) mass is 561 g/mol. The number of carbonyl (C=O) groups excluding carboxylic acids is 2. The van der Waals surface area contributed by atoms with E-state index in [9.17, 15) is 14.0 Å². The van der Waals surface area contributed by atoms with E-state index in [1.165, 1.54) is 11.1 Å². The van der Waals surface area contributed by atoms with Crippen LogP contribution in [-0.2, 0) is 24.1 Å². The van der Waals surface area contributed by atoms with Crippen LogP contribution in [0.1, 0.15) is 42.9 Å². The second kappa shape index (κ2) is 13.0. The minimum absolute atomic E-state index is 0.302. The van der Waals surface area contributed by atoms with Gasteiger partial charge >= 0.3 is 0 Å². The Morgan fingerprint density at radius 2 is 1.73 bits per heavy atom. The van der Waals surface area contributed by atoms with Crippen molar-refractivity contribution in [3.63, 3.8) is 0 Å². The van der Waals surface area contributed by atoms with E-state index in [0.29, 0.717) is 36.4 Å². The topological polar surface area (TPSA) is 69.0 Å². The van der Waals surface area contributed by atoms with E-state index in [1.54, 1.807) is 24.3 Å². The lowest BCUT2D eigenvalue weighted by Crippen LogP contribution is -2.31. The summed E-state index contributed by atoms with van der Waals surface area (Å²) in [6.45, 7) is 3.13. The number of aryl methyl sites for hydroxylation is 3. The molecule has 1 unspecified atom stereocenters. The Labute approximate surface area is 237 Å². The smallest absolute Gasteiger partial charge is 0.296 e. The Morgan fingerprint density at radius 1 is 0.925 bits per heavy atom. The van der Waals surface area contributed by atoms with Gasteiger partial charge in [0.2, 0.25) is 6.30 Å². The molecular weight excluding hydrogens is 529 g/mol. The number of fused-ring (bicyclic) bond motifs is 1. The number of rotatable bonds is 13. The Hall–Kier alpha value is -3.78. The molecule has 4 aromatic rings. The van der Waals surface area contributed by atoms with Gasteiger partial charge in [-0.1, -0.05) is 49.7 Å². The van der Waals surface area contributed by atoms with Crippen LogP contribution in [0.3, 0.4) is 0 Å². The van der Waals surface area contributed by atoms with Crippen LogP contribution in [0.2, 0.25) is 0 Å². The molecule has 1 saturated heterocycles. The summed E-state index contributed by atoms with van der Waals surface area (Å²) >= 11 is 0.382. The van der Waals surface area contributed by atoms with Crippen LogP contribution in [0.15, 0.2) is 77.4 Å². The van der Waals surface area contributed by atoms with Gasteiger partial charge in [0.1, 0.15) is 17.1 Å². The summed E-state index contributed by atoms with van der Waals surface area (Å²) in [6.07, 6.45) is 5.20. The Kier molecular flexibility index (Phi) is 9.06. The Bertz CT molecular complexity index is 1470. The highest BCUT2D eigenvalue weighted by molar-refractivity contribution is 8.27. The number of benzene rings is 3. The maximum absolute atomic E-state index is 14.1. The number of nitrogens with zero attached hydrogens (tertiary/aromatic N) is 1. The minimum Gasteiger partial charge on any atom is -0.494 e. The highest BCUT2D eigenvalue weighted by Crippen LogP contribution is 2.35. The number of thioether (sulfide) groups is 1. The summed E-state index contributed by atoms with van der Waals surface area (Å²) in [6, 6.07) is 21.2. The normalized spacial score (nSPS) is 15.2. The molecule has 6 nitrogen and oxygen atoms in total.